The van der Waals surface area contributed by atoms with Gasteiger partial charge in [-0.1, -0.05) is 19.1 Å². The predicted octanol–water partition coefficient (Wildman–Crippen LogP) is 2.62. The highest BCUT2D eigenvalue weighted by atomic mass is 16.4. The molecule has 1 aromatic carbocycles. The summed E-state index contributed by atoms with van der Waals surface area (Å²) in [5, 5.41) is 16.2. The number of rotatable bonds is 5. The number of aromatic carboxylic acids is 1. The van der Waals surface area contributed by atoms with Crippen LogP contribution in [0.5, 0.6) is 0 Å². The van der Waals surface area contributed by atoms with E-state index in [4.69, 9.17) is 0 Å². The van der Waals surface area contributed by atoms with Gasteiger partial charge in [-0.05, 0) is 24.6 Å². The summed E-state index contributed by atoms with van der Waals surface area (Å²) in [7, 11) is 0. The first-order valence-corrected chi connectivity index (χ1v) is 6.70. The Labute approximate surface area is 122 Å². The maximum atomic E-state index is 11.2. The smallest absolute Gasteiger partial charge is 0.354 e. The lowest BCUT2D eigenvalue weighted by molar-refractivity contribution is -0.114. The van der Waals surface area contributed by atoms with E-state index in [1.54, 1.807) is 30.3 Å². The molecule has 6 heteroatoms. The largest absolute Gasteiger partial charge is 0.477 e. The number of aromatic nitrogens is 2. The molecule has 0 aliphatic carbocycles. The molecule has 2 rings (SSSR count). The van der Waals surface area contributed by atoms with Crippen molar-refractivity contribution in [3.8, 4) is 11.3 Å². The Bertz CT molecular complexity index is 659. The molecule has 0 saturated heterocycles. The van der Waals surface area contributed by atoms with Gasteiger partial charge in [0.1, 0.15) is 5.69 Å². The maximum absolute atomic E-state index is 11.2. The van der Waals surface area contributed by atoms with Crippen molar-refractivity contribution in [2.45, 2.75) is 26.8 Å². The van der Waals surface area contributed by atoms with Crippen LogP contribution in [0.2, 0.25) is 0 Å². The van der Waals surface area contributed by atoms with Crippen molar-refractivity contribution >= 4 is 17.6 Å². The number of nitrogens with zero attached hydrogens (tertiary/aromatic N) is 2. The molecule has 0 aliphatic rings. The Morgan fingerprint density at radius 3 is 2.48 bits per heavy atom. The van der Waals surface area contributed by atoms with Gasteiger partial charge in [-0.15, -0.1) is 0 Å². The zero-order valence-corrected chi connectivity index (χ0v) is 12.0. The molecule has 1 heterocycles. The molecule has 0 saturated carbocycles. The molecule has 0 spiro atoms. The Morgan fingerprint density at radius 2 is 1.95 bits per heavy atom. The highest BCUT2D eigenvalue weighted by Gasteiger charge is 2.14. The van der Waals surface area contributed by atoms with Crippen molar-refractivity contribution < 1.29 is 14.7 Å². The van der Waals surface area contributed by atoms with Crippen molar-refractivity contribution in [1.82, 2.24) is 9.78 Å². The topological polar surface area (TPSA) is 84.2 Å². The van der Waals surface area contributed by atoms with Crippen LogP contribution in [0.1, 0.15) is 30.8 Å². The number of carbonyl (C=O) groups is 2. The second-order valence-electron chi connectivity index (χ2n) is 4.70. The summed E-state index contributed by atoms with van der Waals surface area (Å²) in [6.45, 7) is 3.97. The number of nitrogens with one attached hydrogen (secondary N) is 1. The minimum absolute atomic E-state index is 0.136. The number of hydrogen-bond donors (Lipinski definition) is 2. The molecule has 110 valence electrons. The Balaban J connectivity index is 2.31. The SMILES string of the molecule is CCCn1nc(-c2ccc(NC(C)=O)cc2)cc1C(=O)O. The fourth-order valence-electron chi connectivity index (χ4n) is 2.04. The van der Waals surface area contributed by atoms with E-state index in [-0.39, 0.29) is 11.6 Å². The van der Waals surface area contributed by atoms with Gasteiger partial charge in [-0.2, -0.15) is 5.10 Å². The van der Waals surface area contributed by atoms with Crippen LogP contribution in [-0.4, -0.2) is 26.8 Å². The molecular formula is C15H17N3O3. The van der Waals surface area contributed by atoms with Gasteiger partial charge in [-0.25, -0.2) is 4.79 Å². The average Bonchev–Trinajstić information content (AvgIpc) is 2.83. The number of amides is 1. The number of aryl methyl sites for hydroxylation is 1. The number of carboxylic acids is 1. The molecule has 1 amide bonds. The van der Waals surface area contributed by atoms with Crippen LogP contribution in [0.3, 0.4) is 0 Å². The highest BCUT2D eigenvalue weighted by Crippen LogP contribution is 2.21. The lowest BCUT2D eigenvalue weighted by atomic mass is 10.1. The molecule has 2 N–H and O–H groups in total. The van der Waals surface area contributed by atoms with Crippen LogP contribution in [-0.2, 0) is 11.3 Å². The van der Waals surface area contributed by atoms with Crippen molar-refractivity contribution in [3.63, 3.8) is 0 Å². The van der Waals surface area contributed by atoms with Crippen molar-refractivity contribution in [2.24, 2.45) is 0 Å². The minimum Gasteiger partial charge on any atom is -0.477 e. The van der Waals surface area contributed by atoms with Gasteiger partial charge in [0, 0.05) is 24.7 Å². The third-order valence-corrected chi connectivity index (χ3v) is 2.94. The number of carbonyl (C=O) groups excluding carboxylic acids is 1. The van der Waals surface area contributed by atoms with Gasteiger partial charge in [0.15, 0.2) is 0 Å². The van der Waals surface area contributed by atoms with E-state index in [0.29, 0.717) is 17.9 Å². The monoisotopic (exact) mass is 287 g/mol. The molecule has 0 aliphatic heterocycles. The third-order valence-electron chi connectivity index (χ3n) is 2.94. The van der Waals surface area contributed by atoms with Crippen LogP contribution < -0.4 is 5.32 Å². The number of carboxylic acid groups (broad SMARTS) is 1. The number of benzene rings is 1. The molecule has 0 fully saturated rings. The van der Waals surface area contributed by atoms with E-state index in [2.05, 4.69) is 10.4 Å². The minimum atomic E-state index is -0.989. The normalized spacial score (nSPS) is 10.4. The summed E-state index contributed by atoms with van der Waals surface area (Å²) in [5.74, 6) is -1.12. The van der Waals surface area contributed by atoms with E-state index < -0.39 is 5.97 Å². The van der Waals surface area contributed by atoms with Crippen LogP contribution in [0.25, 0.3) is 11.3 Å². The van der Waals surface area contributed by atoms with Crippen molar-refractivity contribution in [1.29, 1.82) is 0 Å². The molecule has 6 nitrogen and oxygen atoms in total. The zero-order valence-electron chi connectivity index (χ0n) is 12.0. The summed E-state index contributed by atoms with van der Waals surface area (Å²) < 4.78 is 1.50. The van der Waals surface area contributed by atoms with E-state index in [0.717, 1.165) is 12.0 Å². The average molecular weight is 287 g/mol. The first kappa shape index (κ1) is 14.8. The zero-order chi connectivity index (χ0) is 15.4. The predicted molar refractivity (Wildman–Crippen MR) is 79.2 cm³/mol. The van der Waals surface area contributed by atoms with Gasteiger partial charge in [0.05, 0.1) is 5.69 Å². The summed E-state index contributed by atoms with van der Waals surface area (Å²) in [4.78, 5) is 22.2. The second-order valence-corrected chi connectivity index (χ2v) is 4.70. The Morgan fingerprint density at radius 1 is 1.29 bits per heavy atom. The molecular weight excluding hydrogens is 270 g/mol. The highest BCUT2D eigenvalue weighted by molar-refractivity contribution is 5.89. The summed E-state index contributed by atoms with van der Waals surface area (Å²) in [5.41, 5.74) is 2.28. The molecule has 0 unspecified atom stereocenters. The van der Waals surface area contributed by atoms with E-state index >= 15 is 0 Å². The van der Waals surface area contributed by atoms with Gasteiger partial charge in [0.2, 0.25) is 5.91 Å². The van der Waals surface area contributed by atoms with E-state index in [1.165, 1.54) is 11.6 Å². The fraction of sp³-hybridized carbons (Fsp3) is 0.267. The quantitative estimate of drug-likeness (QED) is 0.885. The first-order chi connectivity index (χ1) is 10.0. The van der Waals surface area contributed by atoms with Crippen molar-refractivity contribution in [3.05, 3.63) is 36.0 Å². The lowest BCUT2D eigenvalue weighted by Gasteiger charge is -2.03. The van der Waals surface area contributed by atoms with Gasteiger partial charge < -0.3 is 10.4 Å². The molecule has 0 radical (unpaired) electrons. The van der Waals surface area contributed by atoms with Gasteiger partial charge in [-0.3, -0.25) is 9.48 Å². The van der Waals surface area contributed by atoms with Crippen LogP contribution in [0.15, 0.2) is 30.3 Å². The van der Waals surface area contributed by atoms with Crippen LogP contribution in [0.4, 0.5) is 5.69 Å². The van der Waals surface area contributed by atoms with Crippen molar-refractivity contribution in [2.75, 3.05) is 5.32 Å². The Hall–Kier alpha value is -2.63. The molecule has 21 heavy (non-hydrogen) atoms. The van der Waals surface area contributed by atoms with E-state index in [9.17, 15) is 14.7 Å². The molecule has 1 aromatic heterocycles. The molecule has 0 bridgehead atoms. The first-order valence-electron chi connectivity index (χ1n) is 6.70. The van der Waals surface area contributed by atoms with Crippen LogP contribution >= 0.6 is 0 Å². The maximum Gasteiger partial charge on any atom is 0.354 e. The third kappa shape index (κ3) is 3.47. The standard InChI is InChI=1S/C15H17N3O3/c1-3-8-18-14(15(20)21)9-13(17-18)11-4-6-12(7-5-11)16-10(2)19/h4-7,9H,3,8H2,1-2H3,(H,16,19)(H,20,21). The van der Waals surface area contributed by atoms with E-state index in [1.807, 2.05) is 6.92 Å². The lowest BCUT2D eigenvalue weighted by Crippen LogP contribution is -2.09. The van der Waals surface area contributed by atoms with Crippen LogP contribution in [0, 0.1) is 0 Å². The second kappa shape index (κ2) is 6.21. The summed E-state index contributed by atoms with van der Waals surface area (Å²) >= 11 is 0. The number of anilines is 1. The number of hydrogen-bond acceptors (Lipinski definition) is 3. The van der Waals surface area contributed by atoms with Gasteiger partial charge >= 0.3 is 5.97 Å². The summed E-state index contributed by atoms with van der Waals surface area (Å²) in [6, 6.07) is 8.68. The van der Waals surface area contributed by atoms with Gasteiger partial charge in [0.25, 0.3) is 0 Å². The molecule has 2 aromatic rings. The molecule has 0 atom stereocenters. The summed E-state index contributed by atoms with van der Waals surface area (Å²) in [6.07, 6.45) is 0.808. The fourth-order valence-corrected chi connectivity index (χ4v) is 2.04. The Kier molecular flexibility index (Phi) is 4.37.